The number of aromatic amines is 1. The quantitative estimate of drug-likeness (QED) is 0.880. The number of para-hydroxylation sites is 1. The summed E-state index contributed by atoms with van der Waals surface area (Å²) in [6.45, 7) is 0. The molecule has 0 spiro atoms. The van der Waals surface area contributed by atoms with Gasteiger partial charge in [-0.15, -0.1) is 0 Å². The first-order chi connectivity index (χ1) is 8.79. The highest BCUT2D eigenvalue weighted by atomic mass is 16.5. The predicted octanol–water partition coefficient (Wildman–Crippen LogP) is 2.50. The van der Waals surface area contributed by atoms with E-state index in [1.165, 1.54) is 0 Å². The molecule has 1 aromatic heterocycles. The second-order valence-electron chi connectivity index (χ2n) is 4.39. The summed E-state index contributed by atoms with van der Waals surface area (Å²) in [5.41, 5.74) is 1.65. The second kappa shape index (κ2) is 4.29. The van der Waals surface area contributed by atoms with E-state index in [1.54, 1.807) is 19.2 Å². The topological polar surface area (TPSA) is 55.0 Å². The molecule has 0 saturated carbocycles. The number of ether oxygens (including phenoxy) is 1. The largest absolute Gasteiger partial charge is 0.494 e. The van der Waals surface area contributed by atoms with E-state index in [-0.39, 0.29) is 5.56 Å². The van der Waals surface area contributed by atoms with Crippen LogP contribution in [-0.2, 0) is 0 Å². The molecular weight excluding hydrogens is 228 g/mol. The van der Waals surface area contributed by atoms with Crippen molar-refractivity contribution < 1.29 is 4.74 Å². The highest BCUT2D eigenvalue weighted by Crippen LogP contribution is 2.27. The SMILES string of the molecule is COc1cccc2c(=O)[nH]c(C3=CCCC3)nc12. The lowest BCUT2D eigenvalue weighted by Crippen LogP contribution is -2.11. The van der Waals surface area contributed by atoms with Gasteiger partial charge in [0.05, 0.1) is 12.5 Å². The molecule has 0 bridgehead atoms. The van der Waals surface area contributed by atoms with Crippen LogP contribution in [0.2, 0.25) is 0 Å². The van der Waals surface area contributed by atoms with Crippen molar-refractivity contribution >= 4 is 16.5 Å². The van der Waals surface area contributed by atoms with Crippen LogP contribution in [0.25, 0.3) is 16.5 Å². The molecule has 0 aliphatic heterocycles. The molecule has 0 saturated heterocycles. The van der Waals surface area contributed by atoms with Crippen molar-refractivity contribution in [1.29, 1.82) is 0 Å². The van der Waals surface area contributed by atoms with Gasteiger partial charge in [-0.05, 0) is 37.0 Å². The number of hydrogen-bond donors (Lipinski definition) is 1. The summed E-state index contributed by atoms with van der Waals surface area (Å²) in [6, 6.07) is 5.38. The third kappa shape index (κ3) is 1.70. The minimum Gasteiger partial charge on any atom is -0.494 e. The molecule has 1 heterocycles. The van der Waals surface area contributed by atoms with Gasteiger partial charge in [0.15, 0.2) is 0 Å². The Morgan fingerprint density at radius 3 is 3.00 bits per heavy atom. The minimum atomic E-state index is -0.110. The molecule has 1 aromatic carbocycles. The van der Waals surface area contributed by atoms with Gasteiger partial charge in [0.25, 0.3) is 5.56 Å². The van der Waals surface area contributed by atoms with Crippen molar-refractivity contribution in [2.75, 3.05) is 7.11 Å². The zero-order chi connectivity index (χ0) is 12.5. The van der Waals surface area contributed by atoms with Crippen LogP contribution in [-0.4, -0.2) is 17.1 Å². The number of fused-ring (bicyclic) bond motifs is 1. The Hall–Kier alpha value is -2.10. The number of benzene rings is 1. The molecule has 18 heavy (non-hydrogen) atoms. The van der Waals surface area contributed by atoms with E-state index < -0.39 is 0 Å². The highest BCUT2D eigenvalue weighted by molar-refractivity contribution is 5.84. The molecule has 3 rings (SSSR count). The van der Waals surface area contributed by atoms with Crippen LogP contribution in [0.4, 0.5) is 0 Å². The molecule has 0 unspecified atom stereocenters. The van der Waals surface area contributed by atoms with Gasteiger partial charge >= 0.3 is 0 Å². The fourth-order valence-electron chi connectivity index (χ4n) is 2.34. The van der Waals surface area contributed by atoms with Gasteiger partial charge in [0.1, 0.15) is 17.1 Å². The van der Waals surface area contributed by atoms with Gasteiger partial charge in [-0.1, -0.05) is 12.1 Å². The van der Waals surface area contributed by atoms with Crippen LogP contribution in [0.5, 0.6) is 5.75 Å². The van der Waals surface area contributed by atoms with Gasteiger partial charge in [-0.3, -0.25) is 4.79 Å². The molecule has 4 nitrogen and oxygen atoms in total. The smallest absolute Gasteiger partial charge is 0.259 e. The Labute approximate surface area is 104 Å². The molecule has 0 radical (unpaired) electrons. The molecule has 1 aliphatic carbocycles. The fourth-order valence-corrected chi connectivity index (χ4v) is 2.34. The van der Waals surface area contributed by atoms with Crippen molar-refractivity contribution in [3.05, 3.63) is 40.5 Å². The molecule has 92 valence electrons. The van der Waals surface area contributed by atoms with Gasteiger partial charge in [0.2, 0.25) is 0 Å². The van der Waals surface area contributed by atoms with Crippen LogP contribution in [0, 0.1) is 0 Å². The van der Waals surface area contributed by atoms with E-state index in [1.807, 2.05) is 6.07 Å². The maximum Gasteiger partial charge on any atom is 0.259 e. The summed E-state index contributed by atoms with van der Waals surface area (Å²) < 4.78 is 5.27. The number of H-pyrrole nitrogens is 1. The van der Waals surface area contributed by atoms with E-state index in [9.17, 15) is 4.79 Å². The minimum absolute atomic E-state index is 0.110. The molecule has 0 fully saturated rings. The van der Waals surface area contributed by atoms with Crippen molar-refractivity contribution in [3.63, 3.8) is 0 Å². The second-order valence-corrected chi connectivity index (χ2v) is 4.39. The fraction of sp³-hybridized carbons (Fsp3) is 0.286. The van der Waals surface area contributed by atoms with Crippen molar-refractivity contribution in [1.82, 2.24) is 9.97 Å². The third-order valence-corrected chi connectivity index (χ3v) is 3.26. The first-order valence-electron chi connectivity index (χ1n) is 6.06. The van der Waals surface area contributed by atoms with Crippen molar-refractivity contribution in [2.45, 2.75) is 19.3 Å². The number of hydrogen-bond acceptors (Lipinski definition) is 3. The number of nitrogens with zero attached hydrogens (tertiary/aromatic N) is 1. The lowest BCUT2D eigenvalue weighted by molar-refractivity contribution is 0.419. The summed E-state index contributed by atoms with van der Waals surface area (Å²) in [7, 11) is 1.59. The van der Waals surface area contributed by atoms with Crippen molar-refractivity contribution in [2.24, 2.45) is 0 Å². The summed E-state index contributed by atoms with van der Waals surface area (Å²) in [5, 5.41) is 0.566. The lowest BCUT2D eigenvalue weighted by Gasteiger charge is -2.07. The summed E-state index contributed by atoms with van der Waals surface area (Å²) in [6.07, 6.45) is 5.30. The van der Waals surface area contributed by atoms with Gasteiger partial charge in [-0.2, -0.15) is 0 Å². The monoisotopic (exact) mass is 242 g/mol. The first-order valence-corrected chi connectivity index (χ1v) is 6.06. The molecule has 1 aliphatic rings. The Balaban J connectivity index is 2.28. The number of aromatic nitrogens is 2. The first kappa shape index (κ1) is 11.0. The van der Waals surface area contributed by atoms with E-state index in [0.717, 1.165) is 24.8 Å². The zero-order valence-electron chi connectivity index (χ0n) is 10.2. The Kier molecular flexibility index (Phi) is 2.63. The molecular formula is C14H14N2O2. The van der Waals surface area contributed by atoms with Gasteiger partial charge in [-0.25, -0.2) is 4.98 Å². The summed E-state index contributed by atoms with van der Waals surface area (Å²) in [4.78, 5) is 19.4. The summed E-state index contributed by atoms with van der Waals surface area (Å²) in [5.74, 6) is 1.31. The predicted molar refractivity (Wildman–Crippen MR) is 70.7 cm³/mol. The average Bonchev–Trinajstić information content (AvgIpc) is 2.92. The lowest BCUT2D eigenvalue weighted by atomic mass is 10.2. The normalized spacial score (nSPS) is 14.8. The molecule has 1 N–H and O–H groups in total. The zero-order valence-corrected chi connectivity index (χ0v) is 10.2. The number of allylic oxidation sites excluding steroid dienone is 2. The molecule has 4 heteroatoms. The van der Waals surface area contributed by atoms with Crippen LogP contribution < -0.4 is 10.3 Å². The van der Waals surface area contributed by atoms with E-state index in [0.29, 0.717) is 22.5 Å². The van der Waals surface area contributed by atoms with E-state index >= 15 is 0 Å². The Morgan fingerprint density at radius 2 is 2.28 bits per heavy atom. The standard InChI is InChI=1S/C14H14N2O2/c1-18-11-8-4-7-10-12(11)15-13(16-14(10)17)9-5-2-3-6-9/h4-5,7-8H,2-3,6H2,1H3,(H,15,16,17). The molecule has 0 amide bonds. The van der Waals surface area contributed by atoms with Crippen LogP contribution in [0.3, 0.4) is 0 Å². The third-order valence-electron chi connectivity index (χ3n) is 3.26. The van der Waals surface area contributed by atoms with E-state index in [4.69, 9.17) is 4.74 Å². The summed E-state index contributed by atoms with van der Waals surface area (Å²) >= 11 is 0. The highest BCUT2D eigenvalue weighted by Gasteiger charge is 2.13. The molecule has 0 atom stereocenters. The maximum absolute atomic E-state index is 12.0. The number of nitrogens with one attached hydrogen (secondary N) is 1. The Morgan fingerprint density at radius 1 is 1.39 bits per heavy atom. The van der Waals surface area contributed by atoms with Crippen LogP contribution in [0.15, 0.2) is 29.1 Å². The number of rotatable bonds is 2. The maximum atomic E-state index is 12.0. The molecule has 2 aromatic rings. The van der Waals surface area contributed by atoms with E-state index in [2.05, 4.69) is 16.0 Å². The number of methoxy groups -OCH3 is 1. The Bertz CT molecular complexity index is 686. The van der Waals surface area contributed by atoms with Gasteiger partial charge < -0.3 is 9.72 Å². The van der Waals surface area contributed by atoms with Gasteiger partial charge in [0, 0.05) is 0 Å². The van der Waals surface area contributed by atoms with Crippen molar-refractivity contribution in [3.8, 4) is 5.75 Å². The van der Waals surface area contributed by atoms with Crippen LogP contribution in [0.1, 0.15) is 25.1 Å². The van der Waals surface area contributed by atoms with Crippen LogP contribution >= 0.6 is 0 Å². The average molecular weight is 242 g/mol.